The van der Waals surface area contributed by atoms with E-state index < -0.39 is 5.82 Å². The van der Waals surface area contributed by atoms with Crippen molar-refractivity contribution in [2.45, 2.75) is 0 Å². The summed E-state index contributed by atoms with van der Waals surface area (Å²) in [6.45, 7) is 0. The lowest BCUT2D eigenvalue weighted by molar-refractivity contribution is 0.622. The topological polar surface area (TPSA) is 50.2 Å². The first-order valence-corrected chi connectivity index (χ1v) is 9.66. The zero-order chi connectivity index (χ0) is 19.3. The quantitative estimate of drug-likeness (QED) is 0.246. The second-order valence-corrected chi connectivity index (χ2v) is 7.11. The number of hydrogen-bond donors (Lipinski definition) is 1. The molecule has 1 N–H and O–H groups in total. The number of hydrogen-bond acceptors (Lipinski definition) is 5. The summed E-state index contributed by atoms with van der Waals surface area (Å²) in [6, 6.07) is 18.9. The lowest BCUT2D eigenvalue weighted by atomic mass is 10.1. The number of nitrogens with one attached hydrogen (secondary N) is 1. The van der Waals surface area contributed by atoms with Crippen molar-refractivity contribution in [3.05, 3.63) is 88.8 Å². The number of anilines is 1. The van der Waals surface area contributed by atoms with Crippen LogP contribution in [0.2, 0.25) is 5.15 Å². The Bertz CT molecular complexity index is 1110. The summed E-state index contributed by atoms with van der Waals surface area (Å²) in [5.74, 6) is -0.535. The highest BCUT2D eigenvalue weighted by molar-refractivity contribution is 7.14. The van der Waals surface area contributed by atoms with E-state index in [0.717, 1.165) is 27.5 Å². The van der Waals surface area contributed by atoms with Gasteiger partial charge in [-0.2, -0.15) is 5.10 Å². The summed E-state index contributed by atoms with van der Waals surface area (Å²) in [5.41, 5.74) is 7.34. The number of benzene rings is 2. The first-order valence-electron chi connectivity index (χ1n) is 8.40. The highest BCUT2D eigenvalue weighted by Crippen LogP contribution is 2.25. The first kappa shape index (κ1) is 18.3. The second-order valence-electron chi connectivity index (χ2n) is 5.89. The average molecular weight is 409 g/mol. The van der Waals surface area contributed by atoms with E-state index in [4.69, 9.17) is 11.6 Å². The molecule has 0 aliphatic rings. The Morgan fingerprint density at radius 2 is 1.79 bits per heavy atom. The fraction of sp³-hybridized carbons (Fsp3) is 0. The molecule has 0 spiro atoms. The molecule has 0 aliphatic carbocycles. The van der Waals surface area contributed by atoms with E-state index in [1.54, 1.807) is 12.4 Å². The third kappa shape index (κ3) is 4.24. The molecule has 0 unspecified atom stereocenters. The zero-order valence-corrected chi connectivity index (χ0v) is 16.1. The molecule has 0 atom stereocenters. The van der Waals surface area contributed by atoms with Crippen molar-refractivity contribution < 1.29 is 4.39 Å². The maximum atomic E-state index is 13.6. The average Bonchev–Trinajstić information content (AvgIpc) is 3.20. The molecule has 7 heteroatoms. The molecule has 2 aromatic heterocycles. The van der Waals surface area contributed by atoms with Crippen LogP contribution < -0.4 is 5.43 Å². The van der Waals surface area contributed by atoms with Crippen LogP contribution in [0.15, 0.2) is 77.3 Å². The van der Waals surface area contributed by atoms with Gasteiger partial charge in [0.25, 0.3) is 0 Å². The number of halogens is 2. The number of rotatable bonds is 5. The van der Waals surface area contributed by atoms with E-state index in [9.17, 15) is 4.39 Å². The molecule has 0 bridgehead atoms. The number of thiazole rings is 1. The molecule has 4 rings (SSSR count). The summed E-state index contributed by atoms with van der Waals surface area (Å²) in [6.07, 6.45) is 3.25. The molecule has 2 aromatic carbocycles. The summed E-state index contributed by atoms with van der Waals surface area (Å²) >= 11 is 7.12. The van der Waals surface area contributed by atoms with Crippen LogP contribution in [0.4, 0.5) is 9.52 Å². The van der Waals surface area contributed by atoms with Gasteiger partial charge < -0.3 is 0 Å². The lowest BCUT2D eigenvalue weighted by Gasteiger charge is -2.03. The van der Waals surface area contributed by atoms with Crippen LogP contribution in [0.1, 0.15) is 5.56 Å². The van der Waals surface area contributed by atoms with Gasteiger partial charge in [0.15, 0.2) is 11.0 Å². The summed E-state index contributed by atoms with van der Waals surface area (Å²) in [7, 11) is 0. The van der Waals surface area contributed by atoms with Crippen LogP contribution in [-0.4, -0.2) is 16.2 Å². The van der Waals surface area contributed by atoms with Gasteiger partial charge in [0.1, 0.15) is 0 Å². The van der Waals surface area contributed by atoms with Crippen LogP contribution in [0.5, 0.6) is 0 Å². The molecule has 0 radical (unpaired) electrons. The number of hydrazone groups is 1. The highest BCUT2D eigenvalue weighted by Gasteiger charge is 2.05. The predicted octanol–water partition coefficient (Wildman–Crippen LogP) is 6.11. The van der Waals surface area contributed by atoms with Crippen molar-refractivity contribution in [2.24, 2.45) is 5.10 Å². The molecule has 4 aromatic rings. The summed E-state index contributed by atoms with van der Waals surface area (Å²) in [5, 5.41) is 6.81. The van der Waals surface area contributed by atoms with Crippen molar-refractivity contribution in [1.82, 2.24) is 9.97 Å². The van der Waals surface area contributed by atoms with Gasteiger partial charge in [0.2, 0.25) is 5.13 Å². The molecule has 0 saturated carbocycles. The van der Waals surface area contributed by atoms with Crippen LogP contribution in [0.25, 0.3) is 22.4 Å². The Kier molecular flexibility index (Phi) is 5.41. The Balaban J connectivity index is 1.41. The van der Waals surface area contributed by atoms with Gasteiger partial charge in [-0.3, -0.25) is 5.43 Å². The SMILES string of the molecule is Fc1cc(-c2ccc(C=NNc3nc(-c4ccccc4)cs3)cc2)cnc1Cl. The van der Waals surface area contributed by atoms with E-state index in [2.05, 4.69) is 20.5 Å². The molecule has 0 amide bonds. The molecule has 2 heterocycles. The number of nitrogens with zero attached hydrogens (tertiary/aromatic N) is 3. The minimum absolute atomic E-state index is 0.129. The van der Waals surface area contributed by atoms with E-state index in [1.807, 2.05) is 60.0 Å². The van der Waals surface area contributed by atoms with Gasteiger partial charge in [-0.1, -0.05) is 66.2 Å². The van der Waals surface area contributed by atoms with Crippen molar-refractivity contribution in [1.29, 1.82) is 0 Å². The fourth-order valence-corrected chi connectivity index (χ4v) is 3.34. The van der Waals surface area contributed by atoms with Crippen LogP contribution in [-0.2, 0) is 0 Å². The second kappa shape index (κ2) is 8.29. The van der Waals surface area contributed by atoms with Crippen LogP contribution in [0.3, 0.4) is 0 Å². The van der Waals surface area contributed by atoms with Gasteiger partial charge in [-0.05, 0) is 17.2 Å². The third-order valence-electron chi connectivity index (χ3n) is 3.99. The normalized spacial score (nSPS) is 11.1. The van der Waals surface area contributed by atoms with Crippen molar-refractivity contribution in [3.8, 4) is 22.4 Å². The minimum atomic E-state index is -0.535. The molecule has 0 fully saturated rings. The fourth-order valence-electron chi connectivity index (χ4n) is 2.57. The maximum Gasteiger partial charge on any atom is 0.203 e. The van der Waals surface area contributed by atoms with Crippen molar-refractivity contribution >= 4 is 34.3 Å². The smallest absolute Gasteiger partial charge is 0.203 e. The largest absolute Gasteiger partial charge is 0.253 e. The Labute approximate surface area is 170 Å². The third-order valence-corrected chi connectivity index (χ3v) is 5.01. The van der Waals surface area contributed by atoms with Crippen LogP contribution >= 0.6 is 22.9 Å². The van der Waals surface area contributed by atoms with Crippen LogP contribution in [0, 0.1) is 5.82 Å². The Morgan fingerprint density at radius 1 is 1.00 bits per heavy atom. The molecule has 138 valence electrons. The van der Waals surface area contributed by atoms with E-state index in [0.29, 0.717) is 5.56 Å². The van der Waals surface area contributed by atoms with E-state index >= 15 is 0 Å². The predicted molar refractivity (Wildman–Crippen MR) is 113 cm³/mol. The van der Waals surface area contributed by atoms with E-state index in [-0.39, 0.29) is 5.15 Å². The monoisotopic (exact) mass is 408 g/mol. The van der Waals surface area contributed by atoms with Gasteiger partial charge >= 0.3 is 0 Å². The standard InChI is InChI=1S/C21H14ClFN4S/c22-20-18(23)10-17(12-24-20)15-8-6-14(7-9-15)11-25-27-21-26-19(13-28-21)16-4-2-1-3-5-16/h1-13H,(H,26,27). The molecule has 0 saturated heterocycles. The molecular weight excluding hydrogens is 395 g/mol. The Hall–Kier alpha value is -3.09. The number of aromatic nitrogens is 2. The number of pyridine rings is 1. The first-order chi connectivity index (χ1) is 13.7. The molecule has 4 nitrogen and oxygen atoms in total. The maximum absolute atomic E-state index is 13.6. The molecule has 0 aliphatic heterocycles. The van der Waals surface area contributed by atoms with E-state index in [1.165, 1.54) is 17.4 Å². The van der Waals surface area contributed by atoms with Crippen molar-refractivity contribution in [3.63, 3.8) is 0 Å². The highest BCUT2D eigenvalue weighted by atomic mass is 35.5. The van der Waals surface area contributed by atoms with Gasteiger partial charge in [0, 0.05) is 22.7 Å². The van der Waals surface area contributed by atoms with Gasteiger partial charge in [0.05, 0.1) is 11.9 Å². The summed E-state index contributed by atoms with van der Waals surface area (Å²) in [4.78, 5) is 8.35. The Morgan fingerprint density at radius 3 is 2.54 bits per heavy atom. The zero-order valence-electron chi connectivity index (χ0n) is 14.5. The lowest BCUT2D eigenvalue weighted by Crippen LogP contribution is -1.91. The minimum Gasteiger partial charge on any atom is -0.253 e. The van der Waals surface area contributed by atoms with Gasteiger partial charge in [-0.25, -0.2) is 14.4 Å². The summed E-state index contributed by atoms with van der Waals surface area (Å²) < 4.78 is 13.6. The van der Waals surface area contributed by atoms with Crippen molar-refractivity contribution in [2.75, 3.05) is 5.43 Å². The molecule has 28 heavy (non-hydrogen) atoms. The molecular formula is C21H14ClFN4S. The van der Waals surface area contributed by atoms with Gasteiger partial charge in [-0.15, -0.1) is 11.3 Å².